The van der Waals surface area contributed by atoms with Gasteiger partial charge in [-0.05, 0) is 30.7 Å². The van der Waals surface area contributed by atoms with E-state index in [9.17, 15) is 8.42 Å². The SMILES string of the molecule is Cc1cc(S(=O)(=O)N2CCSC(C)C2)ccc1C#CCN. The second-order valence-electron chi connectivity index (χ2n) is 5.03. The number of aryl methyl sites for hydroxylation is 1. The van der Waals surface area contributed by atoms with Gasteiger partial charge in [-0.3, -0.25) is 0 Å². The lowest BCUT2D eigenvalue weighted by atomic mass is 10.1. The second-order valence-corrected chi connectivity index (χ2v) is 8.51. The summed E-state index contributed by atoms with van der Waals surface area (Å²) >= 11 is 1.81. The predicted molar refractivity (Wildman–Crippen MR) is 87.8 cm³/mol. The van der Waals surface area contributed by atoms with E-state index in [1.165, 1.54) is 0 Å². The lowest BCUT2D eigenvalue weighted by Crippen LogP contribution is -2.40. The van der Waals surface area contributed by atoms with Crippen molar-refractivity contribution < 1.29 is 8.42 Å². The normalized spacial score (nSPS) is 19.9. The molecule has 1 atom stereocenters. The molecule has 0 radical (unpaired) electrons. The first kappa shape index (κ1) is 16.4. The Kier molecular flexibility index (Phi) is 5.33. The minimum Gasteiger partial charge on any atom is -0.320 e. The average molecular weight is 324 g/mol. The molecule has 1 heterocycles. The lowest BCUT2D eigenvalue weighted by molar-refractivity contribution is 0.424. The molecule has 1 saturated heterocycles. The number of nitrogens with two attached hydrogens (primary N) is 1. The fraction of sp³-hybridized carbons (Fsp3) is 0.467. The molecule has 1 aliphatic heterocycles. The Morgan fingerprint density at radius 1 is 1.48 bits per heavy atom. The molecule has 1 aliphatic rings. The second kappa shape index (κ2) is 6.84. The molecule has 0 spiro atoms. The Bertz CT molecular complexity index is 675. The van der Waals surface area contributed by atoms with Gasteiger partial charge in [0.15, 0.2) is 0 Å². The standard InChI is InChI=1S/C15H20N2O2S2/c1-12-10-15(6-5-14(12)4-3-7-16)21(18,19)17-8-9-20-13(2)11-17/h5-6,10,13H,7-9,11,16H2,1-2H3. The molecule has 1 aromatic carbocycles. The Hall–Kier alpha value is -1.00. The van der Waals surface area contributed by atoms with Crippen molar-refractivity contribution >= 4 is 21.8 Å². The summed E-state index contributed by atoms with van der Waals surface area (Å²) in [6.07, 6.45) is 0. The van der Waals surface area contributed by atoms with Crippen LogP contribution in [0.15, 0.2) is 23.1 Å². The predicted octanol–water partition coefficient (Wildman–Crippen LogP) is 1.43. The molecule has 4 nitrogen and oxygen atoms in total. The topological polar surface area (TPSA) is 63.4 Å². The van der Waals surface area contributed by atoms with Crippen LogP contribution in [0.2, 0.25) is 0 Å². The van der Waals surface area contributed by atoms with Crippen molar-refractivity contribution in [3.05, 3.63) is 29.3 Å². The smallest absolute Gasteiger partial charge is 0.243 e. The molecule has 0 bridgehead atoms. The molecule has 0 saturated carbocycles. The van der Waals surface area contributed by atoms with Gasteiger partial charge in [0.25, 0.3) is 0 Å². The number of hydrogen-bond donors (Lipinski definition) is 1. The molecule has 1 aromatic rings. The minimum atomic E-state index is -3.41. The summed E-state index contributed by atoms with van der Waals surface area (Å²) < 4.78 is 26.9. The van der Waals surface area contributed by atoms with Crippen molar-refractivity contribution in [3.63, 3.8) is 0 Å². The maximum absolute atomic E-state index is 12.7. The molecule has 1 fully saturated rings. The van der Waals surface area contributed by atoms with Crippen LogP contribution in [0.5, 0.6) is 0 Å². The molecule has 6 heteroatoms. The van der Waals surface area contributed by atoms with Crippen molar-refractivity contribution in [2.75, 3.05) is 25.4 Å². The van der Waals surface area contributed by atoms with Crippen LogP contribution in [0.1, 0.15) is 18.1 Å². The van der Waals surface area contributed by atoms with Crippen LogP contribution in [0, 0.1) is 18.8 Å². The largest absolute Gasteiger partial charge is 0.320 e. The highest BCUT2D eigenvalue weighted by atomic mass is 32.2. The van der Waals surface area contributed by atoms with Crippen molar-refractivity contribution in [2.45, 2.75) is 24.0 Å². The highest BCUT2D eigenvalue weighted by Crippen LogP contribution is 2.25. The maximum Gasteiger partial charge on any atom is 0.243 e. The molecule has 0 aromatic heterocycles. The summed E-state index contributed by atoms with van der Waals surface area (Å²) in [5, 5.41) is 0.337. The van der Waals surface area contributed by atoms with E-state index in [4.69, 9.17) is 5.73 Å². The lowest BCUT2D eigenvalue weighted by Gasteiger charge is -2.29. The van der Waals surface area contributed by atoms with E-state index in [-0.39, 0.29) is 0 Å². The third kappa shape index (κ3) is 3.80. The number of thioether (sulfide) groups is 1. The summed E-state index contributed by atoms with van der Waals surface area (Å²) in [5.74, 6) is 6.59. The quantitative estimate of drug-likeness (QED) is 0.836. The van der Waals surface area contributed by atoms with E-state index in [0.29, 0.717) is 29.8 Å². The summed E-state index contributed by atoms with van der Waals surface area (Å²) in [4.78, 5) is 0.345. The Balaban J connectivity index is 2.30. The van der Waals surface area contributed by atoms with Gasteiger partial charge in [0.1, 0.15) is 0 Å². The van der Waals surface area contributed by atoms with Crippen LogP contribution in [0.25, 0.3) is 0 Å². The van der Waals surface area contributed by atoms with Gasteiger partial charge in [0.2, 0.25) is 10.0 Å². The van der Waals surface area contributed by atoms with Crippen LogP contribution < -0.4 is 5.73 Å². The molecule has 0 amide bonds. The van der Waals surface area contributed by atoms with Crippen molar-refractivity contribution in [3.8, 4) is 11.8 Å². The summed E-state index contributed by atoms with van der Waals surface area (Å²) in [7, 11) is -3.41. The average Bonchev–Trinajstić information content (AvgIpc) is 2.46. The van der Waals surface area contributed by atoms with Gasteiger partial charge in [0.05, 0.1) is 11.4 Å². The molecule has 21 heavy (non-hydrogen) atoms. The van der Waals surface area contributed by atoms with Gasteiger partial charge in [-0.15, -0.1) is 0 Å². The van der Waals surface area contributed by atoms with Crippen LogP contribution in [0.4, 0.5) is 0 Å². The number of hydrogen-bond acceptors (Lipinski definition) is 4. The third-order valence-electron chi connectivity index (χ3n) is 3.36. The first-order valence-electron chi connectivity index (χ1n) is 6.86. The minimum absolute atomic E-state index is 0.294. The number of rotatable bonds is 2. The van der Waals surface area contributed by atoms with Crippen LogP contribution in [-0.2, 0) is 10.0 Å². The van der Waals surface area contributed by atoms with Crippen molar-refractivity contribution in [2.24, 2.45) is 5.73 Å². The molecule has 114 valence electrons. The Morgan fingerprint density at radius 3 is 2.86 bits per heavy atom. The van der Waals surface area contributed by atoms with Gasteiger partial charge < -0.3 is 5.73 Å². The van der Waals surface area contributed by atoms with Gasteiger partial charge in [-0.2, -0.15) is 16.1 Å². The maximum atomic E-state index is 12.7. The van der Waals surface area contributed by atoms with E-state index < -0.39 is 10.0 Å². The molecule has 2 N–H and O–H groups in total. The van der Waals surface area contributed by atoms with E-state index in [1.54, 1.807) is 22.5 Å². The van der Waals surface area contributed by atoms with E-state index >= 15 is 0 Å². The van der Waals surface area contributed by atoms with E-state index in [0.717, 1.165) is 16.9 Å². The number of nitrogens with zero attached hydrogens (tertiary/aromatic N) is 1. The van der Waals surface area contributed by atoms with Gasteiger partial charge >= 0.3 is 0 Å². The zero-order valence-corrected chi connectivity index (χ0v) is 13.9. The first-order valence-corrected chi connectivity index (χ1v) is 9.35. The van der Waals surface area contributed by atoms with Crippen LogP contribution >= 0.6 is 11.8 Å². The molecule has 0 aliphatic carbocycles. The number of benzene rings is 1. The van der Waals surface area contributed by atoms with Crippen molar-refractivity contribution in [1.82, 2.24) is 4.31 Å². The van der Waals surface area contributed by atoms with E-state index in [1.807, 2.05) is 18.7 Å². The molecular weight excluding hydrogens is 304 g/mol. The fourth-order valence-electron chi connectivity index (χ4n) is 2.24. The summed E-state index contributed by atoms with van der Waals surface area (Å²) in [5.41, 5.74) is 7.04. The van der Waals surface area contributed by atoms with Crippen molar-refractivity contribution in [1.29, 1.82) is 0 Å². The molecule has 2 rings (SSSR count). The summed E-state index contributed by atoms with van der Waals surface area (Å²) in [6, 6.07) is 5.09. The highest BCUT2D eigenvalue weighted by molar-refractivity contribution is 8.00. The zero-order chi connectivity index (χ0) is 15.5. The van der Waals surface area contributed by atoms with Gasteiger partial charge in [0, 0.05) is 29.7 Å². The number of sulfonamides is 1. The fourth-order valence-corrected chi connectivity index (χ4v) is 5.08. The van der Waals surface area contributed by atoms with Gasteiger partial charge in [-0.25, -0.2) is 8.42 Å². The molecular formula is C15H20N2O2S2. The Labute approximate surface area is 131 Å². The summed E-state index contributed by atoms with van der Waals surface area (Å²) in [6.45, 7) is 5.37. The molecule has 1 unspecified atom stereocenters. The first-order chi connectivity index (χ1) is 9.95. The zero-order valence-electron chi connectivity index (χ0n) is 12.3. The van der Waals surface area contributed by atoms with Crippen LogP contribution in [-0.4, -0.2) is 43.4 Å². The van der Waals surface area contributed by atoms with E-state index in [2.05, 4.69) is 18.8 Å². The highest BCUT2D eigenvalue weighted by Gasteiger charge is 2.29. The Morgan fingerprint density at radius 2 is 2.24 bits per heavy atom. The monoisotopic (exact) mass is 324 g/mol. The van der Waals surface area contributed by atoms with Crippen LogP contribution in [0.3, 0.4) is 0 Å². The third-order valence-corrected chi connectivity index (χ3v) is 6.36. The van der Waals surface area contributed by atoms with Gasteiger partial charge in [-0.1, -0.05) is 18.8 Å².